The number of fused-ring (bicyclic) bond motifs is 2. The first-order chi connectivity index (χ1) is 30.0. The normalized spacial score (nSPS) is 15.6. The lowest BCUT2D eigenvalue weighted by Gasteiger charge is -2.32. The van der Waals surface area contributed by atoms with Crippen LogP contribution in [0.25, 0.3) is 44.1 Å². The summed E-state index contributed by atoms with van der Waals surface area (Å²) in [5.41, 5.74) is 4.87. The van der Waals surface area contributed by atoms with Crippen LogP contribution in [0.15, 0.2) is 97.3 Å². The zero-order chi connectivity index (χ0) is 44.9. The number of benzene rings is 4. The molecule has 4 heterocycles. The number of piperidine rings is 2. The highest BCUT2D eigenvalue weighted by Crippen LogP contribution is 2.32. The Morgan fingerprint density at radius 1 is 0.698 bits per heavy atom. The van der Waals surface area contributed by atoms with Gasteiger partial charge in [0.1, 0.15) is 5.75 Å². The Morgan fingerprint density at radius 2 is 1.17 bits per heavy atom. The molecule has 4 aromatic carbocycles. The van der Waals surface area contributed by atoms with Gasteiger partial charge in [0, 0.05) is 56.2 Å². The van der Waals surface area contributed by atoms with Gasteiger partial charge in [0.15, 0.2) is 0 Å². The quantitative estimate of drug-likeness (QED) is 0.0820. The summed E-state index contributed by atoms with van der Waals surface area (Å²) in [5.74, 6) is -0.655. The van der Waals surface area contributed by atoms with Gasteiger partial charge in [-0.3, -0.25) is 4.79 Å². The summed E-state index contributed by atoms with van der Waals surface area (Å²) in [5, 5.41) is 5.46. The number of nitrogens with zero attached hydrogens (tertiary/aromatic N) is 6. The Bertz CT molecular complexity index is 2690. The Morgan fingerprint density at radius 3 is 1.68 bits per heavy atom. The monoisotopic (exact) mass is 894 g/mol. The van der Waals surface area contributed by atoms with Crippen LogP contribution in [0.4, 0.5) is 38.2 Å². The molecule has 0 aliphatic carbocycles. The van der Waals surface area contributed by atoms with E-state index in [9.17, 15) is 39.6 Å². The van der Waals surface area contributed by atoms with Crippen LogP contribution in [0.5, 0.6) is 5.75 Å². The number of nitrogens with one attached hydrogen (secondary N) is 1. The van der Waals surface area contributed by atoms with Gasteiger partial charge < -0.3 is 25.0 Å². The summed E-state index contributed by atoms with van der Waals surface area (Å²) in [6.07, 6.45) is 1.83. The van der Waals surface area contributed by atoms with Crippen LogP contribution in [0.3, 0.4) is 0 Å². The summed E-state index contributed by atoms with van der Waals surface area (Å²) in [7, 11) is -5.79. The van der Waals surface area contributed by atoms with E-state index in [0.29, 0.717) is 59.8 Å². The van der Waals surface area contributed by atoms with Gasteiger partial charge in [-0.05, 0) is 109 Å². The van der Waals surface area contributed by atoms with E-state index in [-0.39, 0.29) is 12.5 Å². The molecule has 2 aliphatic heterocycles. The minimum atomic E-state index is -5.79. The molecule has 8 rings (SSSR count). The summed E-state index contributed by atoms with van der Waals surface area (Å²) < 4.78 is 102. The number of aromatic nitrogens is 4. The van der Waals surface area contributed by atoms with Gasteiger partial charge in [-0.1, -0.05) is 54.1 Å². The van der Waals surface area contributed by atoms with E-state index in [2.05, 4.69) is 67.4 Å². The van der Waals surface area contributed by atoms with Crippen LogP contribution in [0.1, 0.15) is 31.2 Å². The molecule has 3 N–H and O–H groups in total. The Kier molecular flexibility index (Phi) is 13.4. The lowest BCUT2D eigenvalue weighted by atomic mass is 9.97. The van der Waals surface area contributed by atoms with Crippen molar-refractivity contribution in [2.24, 2.45) is 17.6 Å². The van der Waals surface area contributed by atoms with Crippen molar-refractivity contribution in [2.75, 3.05) is 49.1 Å². The van der Waals surface area contributed by atoms with Gasteiger partial charge >= 0.3 is 27.7 Å². The SMILES string of the molecule is Cc1ccc2cc(-c3ccnc(N4CCC(CN)CC4)n3)ccc2c1.O=C(NCC1CCN(c2nccc(-c3ccc4cc(OS(=O)(=O)C(F)(F)F)ccc4c3)n2)CC1)C(F)(F)F. The van der Waals surface area contributed by atoms with E-state index < -0.39 is 33.5 Å². The van der Waals surface area contributed by atoms with Crippen molar-refractivity contribution < 1.29 is 43.7 Å². The van der Waals surface area contributed by atoms with E-state index in [1.165, 1.54) is 28.5 Å². The third-order valence-electron chi connectivity index (χ3n) is 11.1. The largest absolute Gasteiger partial charge is 0.534 e. The number of amides is 1. The van der Waals surface area contributed by atoms with E-state index in [0.717, 1.165) is 55.7 Å². The second-order valence-electron chi connectivity index (χ2n) is 15.6. The molecule has 19 heteroatoms. The molecule has 2 aliphatic rings. The third kappa shape index (κ3) is 11.1. The maximum Gasteiger partial charge on any atom is 0.534 e. The molecule has 0 spiro atoms. The van der Waals surface area contributed by atoms with Crippen LogP contribution in [-0.2, 0) is 14.9 Å². The van der Waals surface area contributed by atoms with Crippen LogP contribution < -0.4 is 25.0 Å². The number of hydrogen-bond donors (Lipinski definition) is 2. The van der Waals surface area contributed by atoms with Crippen molar-refractivity contribution in [3.63, 3.8) is 0 Å². The molecule has 1 amide bonds. The number of rotatable bonds is 9. The zero-order valence-electron chi connectivity index (χ0n) is 34.0. The first-order valence-corrected chi connectivity index (χ1v) is 21.6. The number of aryl methyl sites for hydroxylation is 1. The van der Waals surface area contributed by atoms with Crippen molar-refractivity contribution in [3.05, 3.63) is 103 Å². The molecule has 2 fully saturated rings. The zero-order valence-corrected chi connectivity index (χ0v) is 34.8. The van der Waals surface area contributed by atoms with Crippen molar-refractivity contribution in [1.29, 1.82) is 0 Å². The standard InChI is InChI=1S/C23H20F6N4O4S.C21H24N4/c24-22(25,26)20(34)31-13-14-6-9-33(10-7-14)21-30-8-5-19(32-21)17-2-1-16-12-18(4-3-15(16)11-17)37-38(35,36)23(27,28)29;1-15-2-3-18-13-19(5-4-17(18)12-15)20-6-9-23-21(24-20)25-10-7-16(14-22)8-11-25/h1-5,8,11-12,14H,6-7,9-10,13H2,(H,31,34);2-6,9,12-13,16H,7-8,10-11,14,22H2,1H3. The average molecular weight is 895 g/mol. The lowest BCUT2D eigenvalue weighted by molar-refractivity contribution is -0.173. The summed E-state index contributed by atoms with van der Waals surface area (Å²) in [4.78, 5) is 33.3. The minimum Gasteiger partial charge on any atom is -0.376 e. The van der Waals surface area contributed by atoms with Crippen molar-refractivity contribution in [3.8, 4) is 28.3 Å². The van der Waals surface area contributed by atoms with Gasteiger partial charge in [-0.2, -0.15) is 34.8 Å². The Labute approximate surface area is 359 Å². The van der Waals surface area contributed by atoms with Crippen molar-refractivity contribution in [2.45, 2.75) is 44.3 Å². The van der Waals surface area contributed by atoms with Gasteiger partial charge in [-0.25, -0.2) is 19.9 Å². The lowest BCUT2D eigenvalue weighted by Crippen LogP contribution is -2.43. The van der Waals surface area contributed by atoms with Crippen LogP contribution in [0, 0.1) is 18.8 Å². The molecule has 12 nitrogen and oxygen atoms in total. The van der Waals surface area contributed by atoms with Gasteiger partial charge in [0.2, 0.25) is 11.9 Å². The molecule has 0 bridgehead atoms. The average Bonchev–Trinajstić information content (AvgIpc) is 3.27. The second kappa shape index (κ2) is 18.7. The number of carbonyl (C=O) groups is 1. The predicted molar refractivity (Wildman–Crippen MR) is 228 cm³/mol. The second-order valence-corrected chi connectivity index (χ2v) is 17.1. The van der Waals surface area contributed by atoms with Crippen LogP contribution >= 0.6 is 0 Å². The van der Waals surface area contributed by atoms with E-state index in [4.69, 9.17) is 10.7 Å². The Balaban J connectivity index is 0.000000205. The maximum absolute atomic E-state index is 12.6. The molecule has 2 aromatic heterocycles. The van der Waals surface area contributed by atoms with Gasteiger partial charge in [0.25, 0.3) is 0 Å². The minimum absolute atomic E-state index is 0.0704. The van der Waals surface area contributed by atoms with Crippen LogP contribution in [-0.4, -0.2) is 85.2 Å². The molecular weight excluding hydrogens is 851 g/mol. The number of hydrogen-bond acceptors (Lipinski definition) is 11. The van der Waals surface area contributed by atoms with E-state index >= 15 is 0 Å². The summed E-state index contributed by atoms with van der Waals surface area (Å²) in [6, 6.07) is 25.4. The molecule has 63 heavy (non-hydrogen) atoms. The fourth-order valence-corrected chi connectivity index (χ4v) is 7.95. The van der Waals surface area contributed by atoms with Crippen molar-refractivity contribution >= 4 is 49.5 Å². The molecule has 2 saturated heterocycles. The first kappa shape index (κ1) is 45.0. The van der Waals surface area contributed by atoms with Crippen LogP contribution in [0.2, 0.25) is 0 Å². The van der Waals surface area contributed by atoms with Gasteiger partial charge in [-0.15, -0.1) is 0 Å². The maximum atomic E-state index is 12.6. The summed E-state index contributed by atoms with van der Waals surface area (Å²) >= 11 is 0. The topological polar surface area (TPSA) is 157 Å². The highest BCUT2D eigenvalue weighted by atomic mass is 32.2. The number of anilines is 2. The molecule has 332 valence electrons. The number of halogens is 6. The molecule has 0 saturated carbocycles. The van der Waals surface area contributed by atoms with Gasteiger partial charge in [0.05, 0.1) is 11.4 Å². The first-order valence-electron chi connectivity index (χ1n) is 20.2. The van der Waals surface area contributed by atoms with E-state index in [1.807, 2.05) is 22.5 Å². The number of carbonyl (C=O) groups excluding carboxylic acids is 1. The molecule has 0 unspecified atom stereocenters. The highest BCUT2D eigenvalue weighted by Gasteiger charge is 2.48. The predicted octanol–water partition coefficient (Wildman–Crippen LogP) is 8.20. The number of alkyl halides is 6. The fraction of sp³-hybridized carbons (Fsp3) is 0.341. The molecule has 0 radical (unpaired) electrons. The Hall–Kier alpha value is -6.08. The molecular formula is C44H44F6N8O4S. The molecule has 0 atom stereocenters. The molecule has 6 aromatic rings. The highest BCUT2D eigenvalue weighted by molar-refractivity contribution is 7.88. The smallest absolute Gasteiger partial charge is 0.376 e. The fourth-order valence-electron chi connectivity index (χ4n) is 7.50. The third-order valence-corrected chi connectivity index (χ3v) is 12.1. The van der Waals surface area contributed by atoms with Crippen molar-refractivity contribution in [1.82, 2.24) is 25.3 Å². The summed E-state index contributed by atoms with van der Waals surface area (Å²) in [6.45, 7) is 5.78. The van der Waals surface area contributed by atoms with E-state index in [1.54, 1.807) is 30.5 Å². The number of nitrogens with two attached hydrogens (primary N) is 1.